The summed E-state index contributed by atoms with van der Waals surface area (Å²) in [6, 6.07) is 6.06. The maximum absolute atomic E-state index is 11.0. The monoisotopic (exact) mass is 267 g/mol. The highest BCUT2D eigenvalue weighted by atomic mass is 35.5. The fourth-order valence-corrected chi connectivity index (χ4v) is 2.28. The Balaban J connectivity index is 0.00000162. The molecule has 1 aromatic heterocycles. The van der Waals surface area contributed by atoms with Crippen LogP contribution in [0.5, 0.6) is 0 Å². The molecule has 4 nitrogen and oxygen atoms in total. The lowest BCUT2D eigenvalue weighted by Crippen LogP contribution is -2.17. The summed E-state index contributed by atoms with van der Waals surface area (Å²) in [6.45, 7) is 2.88. The molecule has 2 aromatic rings. The first kappa shape index (κ1) is 14.5. The van der Waals surface area contributed by atoms with E-state index in [1.165, 1.54) is 16.5 Å². The maximum atomic E-state index is 11.0. The summed E-state index contributed by atoms with van der Waals surface area (Å²) in [5.41, 5.74) is 14.3. The second kappa shape index (κ2) is 5.89. The Morgan fingerprint density at radius 3 is 2.72 bits per heavy atom. The van der Waals surface area contributed by atoms with E-state index >= 15 is 0 Å². The number of aryl methyl sites for hydroxylation is 1. The lowest BCUT2D eigenvalue weighted by atomic mass is 10.1. The van der Waals surface area contributed by atoms with Crippen molar-refractivity contribution < 1.29 is 4.79 Å². The molecule has 5 heteroatoms. The molecule has 0 aliphatic carbocycles. The third kappa shape index (κ3) is 2.66. The van der Waals surface area contributed by atoms with Crippen LogP contribution in [-0.2, 0) is 17.8 Å². The molecule has 2 rings (SSSR count). The van der Waals surface area contributed by atoms with Crippen LogP contribution in [0.2, 0.25) is 0 Å². The highest BCUT2D eigenvalue weighted by molar-refractivity contribution is 5.88. The molecule has 0 saturated heterocycles. The van der Waals surface area contributed by atoms with E-state index in [-0.39, 0.29) is 24.9 Å². The zero-order valence-electron chi connectivity index (χ0n) is 10.3. The molecule has 0 unspecified atom stereocenters. The lowest BCUT2D eigenvalue weighted by Gasteiger charge is -2.02. The Morgan fingerprint density at radius 1 is 1.39 bits per heavy atom. The Bertz CT molecular complexity index is 563. The molecule has 0 atom stereocenters. The van der Waals surface area contributed by atoms with Crippen LogP contribution in [0.3, 0.4) is 0 Å². The number of carbonyl (C=O) groups excluding carboxylic acids is 1. The molecular weight excluding hydrogens is 250 g/mol. The van der Waals surface area contributed by atoms with Crippen molar-refractivity contribution in [2.75, 3.05) is 6.54 Å². The summed E-state index contributed by atoms with van der Waals surface area (Å²) in [7, 11) is 0. The summed E-state index contributed by atoms with van der Waals surface area (Å²) in [5.74, 6) is -0.331. The van der Waals surface area contributed by atoms with Crippen LogP contribution < -0.4 is 11.5 Å². The molecule has 0 spiro atoms. The number of nitrogens with zero attached hydrogens (tertiary/aromatic N) is 1. The summed E-state index contributed by atoms with van der Waals surface area (Å²) < 4.78 is 1.90. The first-order valence-electron chi connectivity index (χ1n) is 5.69. The first-order chi connectivity index (χ1) is 8.13. The fraction of sp³-hybridized carbons (Fsp3) is 0.308. The number of rotatable bonds is 4. The standard InChI is InChI=1S/C13H17N3O.ClH/c1-9-3-2-4-11-13(9)10(5-6-14)7-16(11)8-12(15)17;/h2-4,7H,5-6,8,14H2,1H3,(H2,15,17);1H. The molecular formula is C13H18ClN3O. The average Bonchev–Trinajstić information content (AvgIpc) is 2.58. The third-order valence-corrected chi connectivity index (χ3v) is 2.93. The molecule has 0 aliphatic heterocycles. The fourth-order valence-electron chi connectivity index (χ4n) is 2.28. The van der Waals surface area contributed by atoms with Gasteiger partial charge < -0.3 is 16.0 Å². The van der Waals surface area contributed by atoms with Gasteiger partial charge in [-0.05, 0) is 37.1 Å². The Kier molecular flexibility index (Phi) is 4.76. The normalized spacial score (nSPS) is 10.3. The van der Waals surface area contributed by atoms with E-state index in [1.54, 1.807) is 0 Å². The number of benzene rings is 1. The minimum Gasteiger partial charge on any atom is -0.368 e. The van der Waals surface area contributed by atoms with Gasteiger partial charge in [-0.1, -0.05) is 12.1 Å². The van der Waals surface area contributed by atoms with Crippen LogP contribution in [0.15, 0.2) is 24.4 Å². The molecule has 1 amide bonds. The van der Waals surface area contributed by atoms with E-state index in [9.17, 15) is 4.79 Å². The predicted octanol–water partition coefficient (Wildman–Crippen LogP) is 1.36. The van der Waals surface area contributed by atoms with Crippen LogP contribution >= 0.6 is 12.4 Å². The SMILES string of the molecule is Cc1cccc2c1c(CCN)cn2CC(N)=O.Cl. The van der Waals surface area contributed by atoms with Gasteiger partial charge in [-0.3, -0.25) is 4.79 Å². The van der Waals surface area contributed by atoms with Gasteiger partial charge in [0.2, 0.25) is 5.91 Å². The number of hydrogen-bond acceptors (Lipinski definition) is 2. The van der Waals surface area contributed by atoms with E-state index < -0.39 is 0 Å². The van der Waals surface area contributed by atoms with Crippen molar-refractivity contribution in [1.82, 2.24) is 4.57 Å². The van der Waals surface area contributed by atoms with Gasteiger partial charge in [0.05, 0.1) is 0 Å². The minimum atomic E-state index is -0.331. The van der Waals surface area contributed by atoms with E-state index in [2.05, 4.69) is 13.0 Å². The maximum Gasteiger partial charge on any atom is 0.237 e. The number of carbonyl (C=O) groups is 1. The van der Waals surface area contributed by atoms with Crippen molar-refractivity contribution in [1.29, 1.82) is 0 Å². The molecule has 0 saturated carbocycles. The zero-order valence-corrected chi connectivity index (χ0v) is 11.2. The van der Waals surface area contributed by atoms with E-state index in [4.69, 9.17) is 11.5 Å². The molecule has 0 fully saturated rings. The van der Waals surface area contributed by atoms with Gasteiger partial charge in [0.1, 0.15) is 6.54 Å². The molecule has 18 heavy (non-hydrogen) atoms. The van der Waals surface area contributed by atoms with Crippen molar-refractivity contribution >= 4 is 29.2 Å². The Labute approximate surface area is 112 Å². The lowest BCUT2D eigenvalue weighted by molar-refractivity contribution is -0.118. The number of nitrogens with two attached hydrogens (primary N) is 2. The summed E-state index contributed by atoms with van der Waals surface area (Å²) in [6.07, 6.45) is 2.79. The van der Waals surface area contributed by atoms with Gasteiger partial charge >= 0.3 is 0 Å². The Morgan fingerprint density at radius 2 is 2.11 bits per heavy atom. The van der Waals surface area contributed by atoms with Crippen molar-refractivity contribution in [3.8, 4) is 0 Å². The third-order valence-electron chi connectivity index (χ3n) is 2.93. The number of aromatic nitrogens is 1. The van der Waals surface area contributed by atoms with Gasteiger partial charge in [0.25, 0.3) is 0 Å². The molecule has 98 valence electrons. The minimum absolute atomic E-state index is 0. The van der Waals surface area contributed by atoms with Crippen molar-refractivity contribution in [2.24, 2.45) is 11.5 Å². The molecule has 4 N–H and O–H groups in total. The van der Waals surface area contributed by atoms with Crippen LogP contribution in [0.4, 0.5) is 0 Å². The molecule has 1 aromatic carbocycles. The highest BCUT2D eigenvalue weighted by Gasteiger charge is 2.10. The van der Waals surface area contributed by atoms with E-state index in [0.29, 0.717) is 6.54 Å². The first-order valence-corrected chi connectivity index (χ1v) is 5.69. The van der Waals surface area contributed by atoms with Gasteiger partial charge in [-0.2, -0.15) is 0 Å². The van der Waals surface area contributed by atoms with Gasteiger partial charge in [0, 0.05) is 17.1 Å². The second-order valence-electron chi connectivity index (χ2n) is 4.26. The highest BCUT2D eigenvalue weighted by Crippen LogP contribution is 2.25. The smallest absolute Gasteiger partial charge is 0.237 e. The van der Waals surface area contributed by atoms with Gasteiger partial charge in [-0.25, -0.2) is 0 Å². The van der Waals surface area contributed by atoms with Crippen LogP contribution in [0, 0.1) is 6.92 Å². The molecule has 0 aliphatic rings. The van der Waals surface area contributed by atoms with Crippen LogP contribution in [-0.4, -0.2) is 17.0 Å². The van der Waals surface area contributed by atoms with Crippen LogP contribution in [0.25, 0.3) is 10.9 Å². The zero-order chi connectivity index (χ0) is 12.4. The molecule has 0 radical (unpaired) electrons. The number of fused-ring (bicyclic) bond motifs is 1. The predicted molar refractivity (Wildman–Crippen MR) is 75.9 cm³/mol. The van der Waals surface area contributed by atoms with E-state index in [1.807, 2.05) is 22.9 Å². The number of hydrogen-bond donors (Lipinski definition) is 2. The van der Waals surface area contributed by atoms with Crippen molar-refractivity contribution in [3.63, 3.8) is 0 Å². The quantitative estimate of drug-likeness (QED) is 0.878. The van der Waals surface area contributed by atoms with Gasteiger partial charge in [-0.15, -0.1) is 12.4 Å². The topological polar surface area (TPSA) is 74.0 Å². The number of halogens is 1. The second-order valence-corrected chi connectivity index (χ2v) is 4.26. The molecule has 0 bridgehead atoms. The van der Waals surface area contributed by atoms with Crippen molar-refractivity contribution in [3.05, 3.63) is 35.5 Å². The summed E-state index contributed by atoms with van der Waals surface area (Å²) in [4.78, 5) is 11.0. The molecule has 1 heterocycles. The summed E-state index contributed by atoms with van der Waals surface area (Å²) >= 11 is 0. The van der Waals surface area contributed by atoms with Crippen LogP contribution in [0.1, 0.15) is 11.1 Å². The Hall–Kier alpha value is -1.52. The van der Waals surface area contributed by atoms with E-state index in [0.717, 1.165) is 11.9 Å². The van der Waals surface area contributed by atoms with Crippen molar-refractivity contribution in [2.45, 2.75) is 19.9 Å². The largest absolute Gasteiger partial charge is 0.368 e. The summed E-state index contributed by atoms with van der Waals surface area (Å²) in [5, 5.41) is 1.19. The number of amides is 1. The number of primary amides is 1. The van der Waals surface area contributed by atoms with Gasteiger partial charge in [0.15, 0.2) is 0 Å². The average molecular weight is 268 g/mol.